The van der Waals surface area contributed by atoms with E-state index in [0.29, 0.717) is 5.69 Å². The fourth-order valence-electron chi connectivity index (χ4n) is 0.705. The molecule has 0 radical (unpaired) electrons. The zero-order valence-corrected chi connectivity index (χ0v) is 6.93. The number of aryl methyl sites for hydroxylation is 1. The summed E-state index contributed by atoms with van der Waals surface area (Å²) in [5, 5.41) is 0. The predicted octanol–water partition coefficient (Wildman–Crippen LogP) is 0.769. The molecule has 0 saturated carbocycles. The number of nitrogens with zero attached hydrogens (tertiary/aromatic N) is 1. The van der Waals surface area contributed by atoms with Crippen molar-refractivity contribution in [2.24, 2.45) is 0 Å². The van der Waals surface area contributed by atoms with E-state index in [1.165, 1.54) is 0 Å². The van der Waals surface area contributed by atoms with E-state index in [9.17, 15) is 8.76 Å². The molecule has 0 bridgehead atoms. The van der Waals surface area contributed by atoms with Crippen LogP contribution >= 0.6 is 0 Å². The lowest BCUT2D eigenvalue weighted by atomic mass is 10.3. The van der Waals surface area contributed by atoms with Gasteiger partial charge in [-0.2, -0.15) is 0 Å². The van der Waals surface area contributed by atoms with Crippen molar-refractivity contribution in [3.63, 3.8) is 0 Å². The van der Waals surface area contributed by atoms with E-state index >= 15 is 0 Å². The Morgan fingerprint density at radius 3 is 2.82 bits per heavy atom. The largest absolute Gasteiger partial charge is 0.772 e. The summed E-state index contributed by atoms with van der Waals surface area (Å²) in [6.45, 7) is 1.91. The van der Waals surface area contributed by atoms with Crippen LogP contribution in [0.25, 0.3) is 0 Å². The summed E-state index contributed by atoms with van der Waals surface area (Å²) < 4.78 is 20.4. The zero-order chi connectivity index (χ0) is 8.27. The molecular formula is C7H8NO2S-. The fraction of sp³-hybridized carbons (Fsp3) is 0.286. The summed E-state index contributed by atoms with van der Waals surface area (Å²) >= 11 is -2.04. The third-order valence-electron chi connectivity index (χ3n) is 1.24. The number of hydrogen-bond donors (Lipinski definition) is 0. The molecule has 0 spiro atoms. The highest BCUT2D eigenvalue weighted by Crippen LogP contribution is 2.00. The summed E-state index contributed by atoms with van der Waals surface area (Å²) in [4.78, 5) is 3.93. The van der Waals surface area contributed by atoms with Gasteiger partial charge in [0.1, 0.15) is 0 Å². The molecule has 11 heavy (non-hydrogen) atoms. The van der Waals surface area contributed by atoms with Crippen LogP contribution in [0.2, 0.25) is 0 Å². The molecule has 0 fully saturated rings. The average Bonchev–Trinajstić information content (AvgIpc) is 1.93. The van der Waals surface area contributed by atoms with Crippen LogP contribution in [0.5, 0.6) is 0 Å². The van der Waals surface area contributed by atoms with Crippen molar-refractivity contribution < 1.29 is 8.76 Å². The fourth-order valence-corrected chi connectivity index (χ4v) is 1.12. The van der Waals surface area contributed by atoms with E-state index in [2.05, 4.69) is 4.98 Å². The minimum atomic E-state index is -2.04. The van der Waals surface area contributed by atoms with Crippen LogP contribution in [0.1, 0.15) is 11.3 Å². The van der Waals surface area contributed by atoms with Gasteiger partial charge in [-0.05, 0) is 29.6 Å². The second-order valence-corrected chi connectivity index (χ2v) is 3.17. The molecule has 3 nitrogen and oxygen atoms in total. The lowest BCUT2D eigenvalue weighted by molar-refractivity contribution is 0.535. The lowest BCUT2D eigenvalue weighted by Crippen LogP contribution is -1.95. The van der Waals surface area contributed by atoms with E-state index < -0.39 is 11.1 Å². The zero-order valence-electron chi connectivity index (χ0n) is 6.11. The van der Waals surface area contributed by atoms with Gasteiger partial charge in [-0.3, -0.25) is 9.19 Å². The molecule has 60 valence electrons. The van der Waals surface area contributed by atoms with E-state index in [1.807, 2.05) is 13.0 Å². The third-order valence-corrected chi connectivity index (χ3v) is 1.77. The van der Waals surface area contributed by atoms with Crippen LogP contribution in [-0.2, 0) is 16.8 Å². The second kappa shape index (κ2) is 3.59. The second-order valence-electron chi connectivity index (χ2n) is 2.27. The van der Waals surface area contributed by atoms with Gasteiger partial charge in [0.05, 0.1) is 11.4 Å². The van der Waals surface area contributed by atoms with Gasteiger partial charge in [-0.25, -0.2) is 0 Å². The van der Waals surface area contributed by atoms with E-state index in [1.54, 1.807) is 12.3 Å². The van der Waals surface area contributed by atoms with Crippen LogP contribution in [0.15, 0.2) is 18.3 Å². The molecule has 0 aliphatic rings. The molecule has 0 N–H and O–H groups in total. The monoisotopic (exact) mass is 170 g/mol. The number of pyridine rings is 1. The summed E-state index contributed by atoms with van der Waals surface area (Å²) in [6, 6.07) is 3.56. The summed E-state index contributed by atoms with van der Waals surface area (Å²) in [6.07, 6.45) is 1.65. The van der Waals surface area contributed by atoms with Gasteiger partial charge in [0.25, 0.3) is 0 Å². The maximum Gasteiger partial charge on any atom is 0.0526 e. The van der Waals surface area contributed by atoms with Gasteiger partial charge >= 0.3 is 0 Å². The Kier molecular flexibility index (Phi) is 2.73. The molecule has 4 heteroatoms. The highest BCUT2D eigenvalue weighted by molar-refractivity contribution is 7.78. The summed E-state index contributed by atoms with van der Waals surface area (Å²) in [7, 11) is 0. The highest BCUT2D eigenvalue weighted by atomic mass is 32.2. The lowest BCUT2D eigenvalue weighted by Gasteiger charge is -2.03. The molecule has 1 unspecified atom stereocenters. The first kappa shape index (κ1) is 8.36. The third kappa shape index (κ3) is 2.78. The minimum absolute atomic E-state index is 0.000278. The Bertz CT molecular complexity index is 258. The van der Waals surface area contributed by atoms with Crippen molar-refractivity contribution in [3.05, 3.63) is 29.6 Å². The van der Waals surface area contributed by atoms with Crippen molar-refractivity contribution >= 4 is 11.1 Å². The van der Waals surface area contributed by atoms with Gasteiger partial charge in [-0.15, -0.1) is 0 Å². The molecular weight excluding hydrogens is 162 g/mol. The molecule has 0 aliphatic carbocycles. The molecule has 1 aromatic rings. The molecule has 1 rings (SSSR count). The maximum absolute atomic E-state index is 10.2. The Hall–Kier alpha value is -0.740. The average molecular weight is 170 g/mol. The van der Waals surface area contributed by atoms with Gasteiger partial charge in [0, 0.05) is 6.20 Å². The standard InChI is InChI=1S/C7H9NO2S/c1-6-2-3-7(8-4-6)5-11(9)10/h2-4H,5H2,1H3,(H,9,10)/p-1. The predicted molar refractivity (Wildman–Crippen MR) is 41.6 cm³/mol. The first-order chi connectivity index (χ1) is 5.18. The number of aromatic nitrogens is 1. The number of rotatable bonds is 2. The molecule has 1 atom stereocenters. The molecule has 1 aromatic heterocycles. The van der Waals surface area contributed by atoms with Crippen LogP contribution in [0.4, 0.5) is 0 Å². The van der Waals surface area contributed by atoms with Crippen molar-refractivity contribution in [3.8, 4) is 0 Å². The number of hydrogen-bond acceptors (Lipinski definition) is 3. The van der Waals surface area contributed by atoms with Gasteiger partial charge in [0.2, 0.25) is 0 Å². The minimum Gasteiger partial charge on any atom is -0.772 e. The van der Waals surface area contributed by atoms with Crippen LogP contribution in [0.3, 0.4) is 0 Å². The Morgan fingerprint density at radius 2 is 2.36 bits per heavy atom. The summed E-state index contributed by atoms with van der Waals surface area (Å²) in [5.41, 5.74) is 1.62. The van der Waals surface area contributed by atoms with E-state index in [-0.39, 0.29) is 5.75 Å². The van der Waals surface area contributed by atoms with E-state index in [0.717, 1.165) is 5.56 Å². The van der Waals surface area contributed by atoms with Crippen molar-refractivity contribution in [1.82, 2.24) is 4.98 Å². The van der Waals surface area contributed by atoms with Gasteiger partial charge in [0.15, 0.2) is 0 Å². The molecule has 0 aliphatic heterocycles. The van der Waals surface area contributed by atoms with Gasteiger partial charge in [-0.1, -0.05) is 6.07 Å². The van der Waals surface area contributed by atoms with Gasteiger partial charge < -0.3 is 4.55 Å². The van der Waals surface area contributed by atoms with Crippen LogP contribution in [0, 0.1) is 6.92 Å². The summed E-state index contributed by atoms with van der Waals surface area (Å²) in [5.74, 6) is 0.000278. The van der Waals surface area contributed by atoms with Crippen LogP contribution < -0.4 is 0 Å². The molecule has 0 amide bonds. The smallest absolute Gasteiger partial charge is 0.0526 e. The van der Waals surface area contributed by atoms with Crippen LogP contribution in [-0.4, -0.2) is 13.7 Å². The Balaban J connectivity index is 2.74. The topological polar surface area (TPSA) is 53.0 Å². The van der Waals surface area contributed by atoms with Crippen molar-refractivity contribution in [2.45, 2.75) is 12.7 Å². The van der Waals surface area contributed by atoms with Crippen molar-refractivity contribution in [1.29, 1.82) is 0 Å². The molecule has 1 heterocycles. The Morgan fingerprint density at radius 1 is 1.64 bits per heavy atom. The maximum atomic E-state index is 10.2. The molecule has 0 saturated heterocycles. The highest BCUT2D eigenvalue weighted by Gasteiger charge is 1.92. The normalized spacial score (nSPS) is 12.9. The molecule has 0 aromatic carbocycles. The quantitative estimate of drug-likeness (QED) is 0.616. The first-order valence-corrected chi connectivity index (χ1v) is 4.40. The Labute approximate surface area is 67.8 Å². The SMILES string of the molecule is Cc1ccc(CS(=O)[O-])nc1. The first-order valence-electron chi connectivity index (χ1n) is 3.16. The van der Waals surface area contributed by atoms with E-state index in [4.69, 9.17) is 0 Å². The van der Waals surface area contributed by atoms with Crippen molar-refractivity contribution in [2.75, 3.05) is 0 Å².